The van der Waals surface area contributed by atoms with Crippen molar-refractivity contribution in [3.05, 3.63) is 77.4 Å². The van der Waals surface area contributed by atoms with E-state index in [1.165, 1.54) is 16.3 Å². The molecule has 0 amide bonds. The van der Waals surface area contributed by atoms with E-state index in [1.807, 2.05) is 65.8 Å². The molecular formula is C26H32NPS. The van der Waals surface area contributed by atoms with Gasteiger partial charge in [0.25, 0.3) is 0 Å². The lowest BCUT2D eigenvalue weighted by atomic mass is 10.0. The maximum Gasteiger partial charge on any atom is 0.0740 e. The third kappa shape index (κ3) is 9.17. The second kappa shape index (κ2) is 16.6. The van der Waals surface area contributed by atoms with Crippen LogP contribution in [-0.2, 0) is 6.16 Å². The molecule has 0 saturated heterocycles. The Hall–Kier alpha value is -2.29. The summed E-state index contributed by atoms with van der Waals surface area (Å²) in [5, 5.41) is 4.82. The quantitative estimate of drug-likeness (QED) is 0.175. The van der Waals surface area contributed by atoms with Gasteiger partial charge in [0, 0.05) is 11.1 Å². The van der Waals surface area contributed by atoms with E-state index >= 15 is 0 Å². The summed E-state index contributed by atoms with van der Waals surface area (Å²) in [7, 11) is 2.75. The van der Waals surface area contributed by atoms with Gasteiger partial charge in [-0.25, -0.2) is 0 Å². The molecule has 0 aromatic heterocycles. The first-order valence-corrected chi connectivity index (χ1v) is 11.4. The lowest BCUT2D eigenvalue weighted by molar-refractivity contribution is 1.44. The highest BCUT2D eigenvalue weighted by molar-refractivity contribution is 7.78. The van der Waals surface area contributed by atoms with Gasteiger partial charge < -0.3 is 0 Å². The Morgan fingerprint density at radius 1 is 0.724 bits per heavy atom. The van der Waals surface area contributed by atoms with Crippen LogP contribution in [-0.4, -0.2) is 5.16 Å². The molecule has 29 heavy (non-hydrogen) atoms. The van der Waals surface area contributed by atoms with E-state index in [9.17, 15) is 0 Å². The van der Waals surface area contributed by atoms with Gasteiger partial charge in [-0.05, 0) is 71.1 Å². The molecular weight excluding hydrogens is 389 g/mol. The van der Waals surface area contributed by atoms with Gasteiger partial charge in [0.15, 0.2) is 0 Å². The van der Waals surface area contributed by atoms with Crippen molar-refractivity contribution >= 4 is 43.1 Å². The number of benzene rings is 3. The Labute approximate surface area is 184 Å². The van der Waals surface area contributed by atoms with Crippen LogP contribution in [0, 0.1) is 11.8 Å². The van der Waals surface area contributed by atoms with Gasteiger partial charge in [0.1, 0.15) is 0 Å². The first-order valence-electron chi connectivity index (χ1n) is 10.2. The Morgan fingerprint density at radius 3 is 1.83 bits per heavy atom. The normalized spacial score (nSPS) is 8.38. The number of hydrogen-bond acceptors (Lipinski definition) is 2. The van der Waals surface area contributed by atoms with E-state index in [0.29, 0.717) is 0 Å². The molecule has 0 fully saturated rings. The van der Waals surface area contributed by atoms with Crippen molar-refractivity contribution in [3.63, 3.8) is 0 Å². The number of fused-ring (bicyclic) bond motifs is 1. The minimum absolute atomic E-state index is 0.793. The molecule has 0 N–H and O–H groups in total. The van der Waals surface area contributed by atoms with Gasteiger partial charge in [0.2, 0.25) is 0 Å². The molecule has 0 heterocycles. The fourth-order valence-corrected chi connectivity index (χ4v) is 2.68. The van der Waals surface area contributed by atoms with Crippen LogP contribution >= 0.6 is 21.5 Å². The van der Waals surface area contributed by atoms with Crippen LogP contribution in [0.5, 0.6) is 0 Å². The second-order valence-electron chi connectivity index (χ2n) is 5.10. The third-order valence-electron chi connectivity index (χ3n) is 3.53. The van der Waals surface area contributed by atoms with Gasteiger partial charge in [-0.2, -0.15) is 4.99 Å². The molecule has 1 nitrogen and oxygen atoms in total. The monoisotopic (exact) mass is 421 g/mol. The molecule has 0 bridgehead atoms. The molecule has 3 aromatic rings. The SMILES string of the molecule is CC.CC.CC.PCc1ccc2cc(C#Cc3ccc(N=C=S)cc3)ccc2c1. The van der Waals surface area contributed by atoms with Gasteiger partial charge in [0.05, 0.1) is 10.8 Å². The molecule has 0 spiro atoms. The van der Waals surface area contributed by atoms with Crippen LogP contribution in [0.1, 0.15) is 58.2 Å². The molecule has 1 unspecified atom stereocenters. The molecule has 0 radical (unpaired) electrons. The summed E-state index contributed by atoms with van der Waals surface area (Å²) in [6.07, 6.45) is 0.973. The first-order chi connectivity index (χ1) is 14.3. The third-order valence-corrected chi connectivity index (χ3v) is 4.10. The summed E-state index contributed by atoms with van der Waals surface area (Å²) in [4.78, 5) is 3.93. The number of isothiocyanates is 1. The van der Waals surface area contributed by atoms with Crippen molar-refractivity contribution in [1.29, 1.82) is 0 Å². The minimum atomic E-state index is 0.793. The van der Waals surface area contributed by atoms with E-state index in [2.05, 4.69) is 79.9 Å². The summed E-state index contributed by atoms with van der Waals surface area (Å²) in [6, 6.07) is 20.5. The Morgan fingerprint density at radius 2 is 1.24 bits per heavy atom. The summed E-state index contributed by atoms with van der Waals surface area (Å²) in [5.74, 6) is 6.39. The maximum atomic E-state index is 4.59. The van der Waals surface area contributed by atoms with Crippen molar-refractivity contribution in [2.24, 2.45) is 4.99 Å². The number of hydrogen-bond donors (Lipinski definition) is 0. The van der Waals surface area contributed by atoms with Crippen molar-refractivity contribution in [2.45, 2.75) is 47.7 Å². The number of thiocarbonyl (C=S) groups is 1. The van der Waals surface area contributed by atoms with Crippen LogP contribution in [0.3, 0.4) is 0 Å². The molecule has 0 aliphatic heterocycles. The lowest BCUT2D eigenvalue weighted by Crippen LogP contribution is -1.81. The predicted octanol–water partition coefficient (Wildman–Crippen LogP) is 8.43. The zero-order valence-corrected chi connectivity index (χ0v) is 20.4. The standard InChI is InChI=1S/C20H14NPS.3C2H6/c22-13-17-4-8-18-11-16(3-7-19(18)12-17)2-1-15-5-9-20(10-6-15)21-14-23;3*1-2/h3-12H,13,22H2;3*1-2H3. The number of rotatable bonds is 2. The minimum Gasteiger partial charge on any atom is -0.195 e. The summed E-state index contributed by atoms with van der Waals surface area (Å²) < 4.78 is 0. The van der Waals surface area contributed by atoms with Gasteiger partial charge in [-0.15, -0.1) is 9.24 Å². The van der Waals surface area contributed by atoms with Crippen molar-refractivity contribution < 1.29 is 0 Å². The highest BCUT2D eigenvalue weighted by Gasteiger charge is 1.97. The largest absolute Gasteiger partial charge is 0.195 e. The van der Waals surface area contributed by atoms with Crippen LogP contribution < -0.4 is 0 Å². The van der Waals surface area contributed by atoms with Crippen LogP contribution in [0.25, 0.3) is 10.8 Å². The Bertz CT molecular complexity index is 959. The highest BCUT2D eigenvalue weighted by atomic mass is 32.1. The molecule has 0 aliphatic carbocycles. The molecule has 1 atom stereocenters. The molecule has 3 heteroatoms. The molecule has 0 saturated carbocycles. The van der Waals surface area contributed by atoms with Gasteiger partial charge in [-0.1, -0.05) is 77.6 Å². The fraction of sp³-hybridized carbons (Fsp3) is 0.269. The van der Waals surface area contributed by atoms with Crippen LogP contribution in [0.4, 0.5) is 5.69 Å². The van der Waals surface area contributed by atoms with E-state index in [1.54, 1.807) is 0 Å². The zero-order chi connectivity index (χ0) is 22.1. The maximum absolute atomic E-state index is 4.59. The number of nitrogens with zero attached hydrogens (tertiary/aromatic N) is 1. The van der Waals surface area contributed by atoms with Crippen molar-refractivity contribution in [2.75, 3.05) is 0 Å². The van der Waals surface area contributed by atoms with E-state index in [-0.39, 0.29) is 0 Å². The Kier molecular flexibility index (Phi) is 15.3. The molecule has 3 aromatic carbocycles. The average molecular weight is 422 g/mol. The predicted molar refractivity (Wildman–Crippen MR) is 139 cm³/mol. The van der Waals surface area contributed by atoms with Gasteiger partial charge >= 0.3 is 0 Å². The average Bonchev–Trinajstić information content (AvgIpc) is 2.82. The second-order valence-corrected chi connectivity index (χ2v) is 5.69. The topological polar surface area (TPSA) is 12.4 Å². The number of aliphatic imine (C=N–C) groups is 1. The summed E-state index contributed by atoms with van der Waals surface area (Å²) >= 11 is 4.59. The zero-order valence-electron chi connectivity index (χ0n) is 18.4. The molecule has 3 rings (SSSR count). The summed E-state index contributed by atoms with van der Waals surface area (Å²) in [5.41, 5.74) is 4.07. The first kappa shape index (κ1) is 26.7. The van der Waals surface area contributed by atoms with Crippen LogP contribution in [0.2, 0.25) is 0 Å². The van der Waals surface area contributed by atoms with E-state index < -0.39 is 0 Å². The van der Waals surface area contributed by atoms with Crippen molar-refractivity contribution in [3.8, 4) is 11.8 Å². The lowest BCUT2D eigenvalue weighted by Gasteiger charge is -2.01. The highest BCUT2D eigenvalue weighted by Crippen LogP contribution is 2.19. The summed E-state index contributed by atoms with van der Waals surface area (Å²) in [6.45, 7) is 12.0. The van der Waals surface area contributed by atoms with Gasteiger partial charge in [-0.3, -0.25) is 0 Å². The van der Waals surface area contributed by atoms with E-state index in [4.69, 9.17) is 0 Å². The molecule has 0 aliphatic rings. The fourth-order valence-electron chi connectivity index (χ4n) is 2.32. The van der Waals surface area contributed by atoms with Crippen LogP contribution in [0.15, 0.2) is 65.7 Å². The Balaban J connectivity index is 0.00000120. The van der Waals surface area contributed by atoms with E-state index in [0.717, 1.165) is 23.0 Å². The van der Waals surface area contributed by atoms with Crippen molar-refractivity contribution in [1.82, 2.24) is 0 Å². The molecule has 152 valence electrons. The smallest absolute Gasteiger partial charge is 0.0740 e.